The highest BCUT2D eigenvalue weighted by Gasteiger charge is 2.61. The number of carbonyl (C=O) groups excluding carboxylic acids is 2. The van der Waals surface area contributed by atoms with E-state index in [4.69, 9.17) is 37.7 Å². The third-order valence-electron chi connectivity index (χ3n) is 8.02. The minimum atomic E-state index is -0.762. The molecule has 0 bridgehead atoms. The highest BCUT2D eigenvalue weighted by molar-refractivity contribution is 6.30. The number of fused-ring (bicyclic) bond motifs is 2. The van der Waals surface area contributed by atoms with Gasteiger partial charge in [-0.2, -0.15) is 0 Å². The van der Waals surface area contributed by atoms with Crippen molar-refractivity contribution in [2.75, 3.05) is 13.7 Å². The number of benzene rings is 2. The van der Waals surface area contributed by atoms with Crippen LogP contribution in [0.1, 0.15) is 44.9 Å². The predicted octanol–water partition coefficient (Wildman–Crippen LogP) is 5.86. The summed E-state index contributed by atoms with van der Waals surface area (Å²) in [7, 11) is 1.59. The van der Waals surface area contributed by atoms with Crippen molar-refractivity contribution in [3.8, 4) is 11.5 Å². The molecule has 4 unspecified atom stereocenters. The van der Waals surface area contributed by atoms with Crippen molar-refractivity contribution in [3.63, 3.8) is 0 Å². The SMILES string of the molecule is COc1ccc(C2=NC(c3ccc(Cl)cc3)C3N2C(=O)N2CC(=O)NC4=C2C3(C)C=C(Cl)C4C)c(OC(C)C)c1. The zero-order valence-corrected chi connectivity index (χ0v) is 24.4. The maximum atomic E-state index is 14.4. The lowest BCUT2D eigenvalue weighted by Crippen LogP contribution is -2.66. The van der Waals surface area contributed by atoms with E-state index in [1.807, 2.05) is 63.2 Å². The molecule has 2 aromatic rings. The van der Waals surface area contributed by atoms with Crippen LogP contribution >= 0.6 is 23.2 Å². The number of ether oxygens (including phenoxy) is 2. The molecule has 3 heterocycles. The Morgan fingerprint density at radius 2 is 1.85 bits per heavy atom. The summed E-state index contributed by atoms with van der Waals surface area (Å²) in [5.41, 5.74) is 2.22. The molecular weight excluding hydrogens is 551 g/mol. The Morgan fingerprint density at radius 1 is 1.12 bits per heavy atom. The van der Waals surface area contributed by atoms with Crippen LogP contribution in [-0.2, 0) is 4.79 Å². The van der Waals surface area contributed by atoms with Crippen molar-refractivity contribution in [1.82, 2.24) is 15.1 Å². The molecule has 8 nitrogen and oxygen atoms in total. The van der Waals surface area contributed by atoms with Gasteiger partial charge in [-0.3, -0.25) is 19.6 Å². The highest BCUT2D eigenvalue weighted by atomic mass is 35.5. The molecule has 10 heteroatoms. The fraction of sp³-hybridized carbons (Fsp3) is 0.367. The van der Waals surface area contributed by atoms with Gasteiger partial charge >= 0.3 is 6.03 Å². The fourth-order valence-electron chi connectivity index (χ4n) is 6.27. The first-order chi connectivity index (χ1) is 19.0. The molecule has 4 atom stereocenters. The van der Waals surface area contributed by atoms with Crippen molar-refractivity contribution >= 4 is 41.0 Å². The van der Waals surface area contributed by atoms with Gasteiger partial charge < -0.3 is 14.8 Å². The largest absolute Gasteiger partial charge is 0.497 e. The molecule has 6 rings (SSSR count). The quantitative estimate of drug-likeness (QED) is 0.480. The summed E-state index contributed by atoms with van der Waals surface area (Å²) >= 11 is 13.1. The van der Waals surface area contributed by atoms with Gasteiger partial charge in [-0.05, 0) is 50.6 Å². The standard InChI is InChI=1S/C30H30Cl2N4O4/c1-15(2)40-22-12-19(39-5)10-11-20(22)28-34-25(17-6-8-18(31)9-7-17)27-30(4)13-21(32)16(3)24-26(30)35(14-23(37)33-24)29(38)36(27)28/h6-13,15-16,25,27H,14H2,1-5H3,(H,33,37). The van der Waals surface area contributed by atoms with Gasteiger partial charge in [0.2, 0.25) is 5.91 Å². The number of hydrogen-bond acceptors (Lipinski definition) is 5. The van der Waals surface area contributed by atoms with Crippen LogP contribution in [0.25, 0.3) is 0 Å². The van der Waals surface area contributed by atoms with E-state index in [-0.39, 0.29) is 30.5 Å². The zero-order chi connectivity index (χ0) is 28.5. The average molecular weight is 582 g/mol. The number of carbonyl (C=O) groups is 2. The summed E-state index contributed by atoms with van der Waals surface area (Å²) in [6.07, 6.45) is 1.89. The molecule has 0 saturated carbocycles. The summed E-state index contributed by atoms with van der Waals surface area (Å²) in [6, 6.07) is 11.8. The maximum Gasteiger partial charge on any atom is 0.330 e. The maximum absolute atomic E-state index is 14.4. The number of nitrogens with zero attached hydrogens (tertiary/aromatic N) is 3. The van der Waals surface area contributed by atoms with Gasteiger partial charge in [-0.25, -0.2) is 4.79 Å². The Kier molecular flexibility index (Phi) is 6.39. The number of allylic oxidation sites excluding steroid dienone is 1. The molecule has 1 saturated heterocycles. The van der Waals surface area contributed by atoms with E-state index in [1.54, 1.807) is 23.0 Å². The van der Waals surface area contributed by atoms with Gasteiger partial charge in [0.25, 0.3) is 0 Å². The highest BCUT2D eigenvalue weighted by Crippen LogP contribution is 2.56. The molecule has 0 spiro atoms. The summed E-state index contributed by atoms with van der Waals surface area (Å²) in [6.45, 7) is 7.78. The lowest BCUT2D eigenvalue weighted by Gasteiger charge is -2.55. The molecule has 0 radical (unpaired) electrons. The molecule has 208 valence electrons. The molecule has 1 fully saturated rings. The zero-order valence-electron chi connectivity index (χ0n) is 22.9. The van der Waals surface area contributed by atoms with Crippen LogP contribution in [0, 0.1) is 11.3 Å². The topological polar surface area (TPSA) is 83.5 Å². The average Bonchev–Trinajstić information content (AvgIpc) is 3.32. The molecule has 0 aromatic heterocycles. The van der Waals surface area contributed by atoms with E-state index in [0.29, 0.717) is 38.7 Å². The second-order valence-electron chi connectivity index (χ2n) is 11.0. The third kappa shape index (κ3) is 3.99. The van der Waals surface area contributed by atoms with Crippen molar-refractivity contribution in [2.45, 2.75) is 45.9 Å². The van der Waals surface area contributed by atoms with Crippen LogP contribution in [0.3, 0.4) is 0 Å². The first kappa shape index (κ1) is 26.7. The van der Waals surface area contributed by atoms with Crippen LogP contribution in [0.4, 0.5) is 4.79 Å². The van der Waals surface area contributed by atoms with E-state index in [2.05, 4.69) is 12.2 Å². The molecule has 2 aromatic carbocycles. The summed E-state index contributed by atoms with van der Waals surface area (Å²) < 4.78 is 11.7. The van der Waals surface area contributed by atoms with E-state index in [1.165, 1.54) is 0 Å². The van der Waals surface area contributed by atoms with Gasteiger partial charge in [0.15, 0.2) is 0 Å². The second-order valence-corrected chi connectivity index (χ2v) is 11.9. The lowest BCUT2D eigenvalue weighted by atomic mass is 9.67. The lowest BCUT2D eigenvalue weighted by molar-refractivity contribution is -0.122. The summed E-state index contributed by atoms with van der Waals surface area (Å²) in [4.78, 5) is 35.8. The van der Waals surface area contributed by atoms with E-state index in [9.17, 15) is 9.59 Å². The van der Waals surface area contributed by atoms with Gasteiger partial charge in [-0.15, -0.1) is 0 Å². The van der Waals surface area contributed by atoms with Crippen LogP contribution in [0.15, 0.2) is 70.0 Å². The number of aliphatic imine (C=N–C) groups is 1. The fourth-order valence-corrected chi connectivity index (χ4v) is 6.73. The third-order valence-corrected chi connectivity index (χ3v) is 8.71. The minimum absolute atomic E-state index is 0.0918. The van der Waals surface area contributed by atoms with Crippen molar-refractivity contribution in [2.24, 2.45) is 16.3 Å². The van der Waals surface area contributed by atoms with Crippen LogP contribution < -0.4 is 14.8 Å². The molecule has 3 aliphatic heterocycles. The number of methoxy groups -OCH3 is 1. The van der Waals surface area contributed by atoms with Crippen LogP contribution in [0.2, 0.25) is 5.02 Å². The van der Waals surface area contributed by atoms with Crippen molar-refractivity contribution < 1.29 is 19.1 Å². The molecule has 1 aliphatic carbocycles. The smallest absolute Gasteiger partial charge is 0.330 e. The normalized spacial score (nSPS) is 27.2. The molecule has 3 amide bonds. The van der Waals surface area contributed by atoms with E-state index < -0.39 is 17.5 Å². The number of amidine groups is 1. The van der Waals surface area contributed by atoms with E-state index in [0.717, 1.165) is 11.3 Å². The molecule has 4 aliphatic rings. The Bertz CT molecular complexity index is 1520. The summed E-state index contributed by atoms with van der Waals surface area (Å²) in [5.74, 6) is 1.12. The summed E-state index contributed by atoms with van der Waals surface area (Å²) in [5, 5.41) is 4.23. The molecule has 1 N–H and O–H groups in total. The van der Waals surface area contributed by atoms with Crippen molar-refractivity contribution in [3.05, 3.63) is 81.1 Å². The number of halogens is 2. The Balaban J connectivity index is 1.60. The monoisotopic (exact) mass is 580 g/mol. The molecular formula is C30H30Cl2N4O4. The minimum Gasteiger partial charge on any atom is -0.497 e. The Labute approximate surface area is 243 Å². The van der Waals surface area contributed by atoms with Gasteiger partial charge in [0, 0.05) is 27.7 Å². The predicted molar refractivity (Wildman–Crippen MR) is 154 cm³/mol. The van der Waals surface area contributed by atoms with Crippen molar-refractivity contribution in [1.29, 1.82) is 0 Å². The van der Waals surface area contributed by atoms with Crippen LogP contribution in [-0.4, -0.2) is 53.4 Å². The van der Waals surface area contributed by atoms with E-state index >= 15 is 0 Å². The van der Waals surface area contributed by atoms with Gasteiger partial charge in [0.05, 0.1) is 42.0 Å². The Morgan fingerprint density at radius 3 is 2.52 bits per heavy atom. The number of hydrogen-bond donors (Lipinski definition) is 1. The first-order valence-corrected chi connectivity index (χ1v) is 14.0. The second kappa shape index (κ2) is 9.56. The Hall–Kier alpha value is -3.49. The van der Waals surface area contributed by atoms with Crippen LogP contribution in [0.5, 0.6) is 11.5 Å². The van der Waals surface area contributed by atoms with Gasteiger partial charge in [-0.1, -0.05) is 48.3 Å². The number of urea groups is 1. The number of rotatable bonds is 5. The van der Waals surface area contributed by atoms with Gasteiger partial charge in [0.1, 0.15) is 23.9 Å². The molecule has 40 heavy (non-hydrogen) atoms. The first-order valence-electron chi connectivity index (χ1n) is 13.2. The number of nitrogens with one attached hydrogen (secondary N) is 1. The number of amides is 3.